The molecule has 0 fully saturated rings. The SMILES string of the molecule is Cn1c(-c2ccccc2)c(C(=O)c2ccccc2)c2cc(-c3ccccc3)ccc21. The molecule has 0 aliphatic heterocycles. The van der Waals surface area contributed by atoms with Crippen molar-refractivity contribution in [2.45, 2.75) is 0 Å². The smallest absolute Gasteiger partial charge is 0.195 e. The molecule has 2 heteroatoms. The summed E-state index contributed by atoms with van der Waals surface area (Å²) in [6, 6.07) is 36.4. The minimum atomic E-state index is 0.0465. The van der Waals surface area contributed by atoms with Crippen LogP contribution in [0.3, 0.4) is 0 Å². The number of carbonyl (C=O) groups excluding carboxylic acids is 1. The van der Waals surface area contributed by atoms with Gasteiger partial charge in [-0.3, -0.25) is 4.79 Å². The van der Waals surface area contributed by atoms with E-state index in [2.05, 4.69) is 47.0 Å². The highest BCUT2D eigenvalue weighted by Gasteiger charge is 2.23. The maximum atomic E-state index is 13.7. The molecule has 0 N–H and O–H groups in total. The molecule has 2 nitrogen and oxygen atoms in total. The van der Waals surface area contributed by atoms with E-state index in [1.807, 2.05) is 73.8 Å². The van der Waals surface area contributed by atoms with Gasteiger partial charge in [0.1, 0.15) is 0 Å². The van der Waals surface area contributed by atoms with E-state index >= 15 is 0 Å². The number of benzene rings is 4. The maximum Gasteiger partial charge on any atom is 0.195 e. The van der Waals surface area contributed by atoms with Gasteiger partial charge in [0, 0.05) is 23.5 Å². The number of aryl methyl sites for hydroxylation is 1. The van der Waals surface area contributed by atoms with Crippen LogP contribution in [0.5, 0.6) is 0 Å². The van der Waals surface area contributed by atoms with E-state index in [-0.39, 0.29) is 5.78 Å². The van der Waals surface area contributed by atoms with Gasteiger partial charge >= 0.3 is 0 Å². The van der Waals surface area contributed by atoms with Crippen LogP contribution in [0.15, 0.2) is 109 Å². The average Bonchev–Trinajstić information content (AvgIpc) is 3.12. The molecular weight excluding hydrogens is 366 g/mol. The van der Waals surface area contributed by atoms with Crippen molar-refractivity contribution in [3.05, 3.63) is 120 Å². The fraction of sp³-hybridized carbons (Fsp3) is 0.0357. The summed E-state index contributed by atoms with van der Waals surface area (Å²) >= 11 is 0. The van der Waals surface area contributed by atoms with Gasteiger partial charge in [-0.05, 0) is 28.8 Å². The Morgan fingerprint density at radius 3 is 1.83 bits per heavy atom. The standard InChI is InChI=1S/C28H21NO/c1-29-25-18-17-23(20-11-5-2-6-12-20)19-24(25)26(27(29)21-13-7-3-8-14-21)28(30)22-15-9-4-10-16-22/h2-19H,1H3. The summed E-state index contributed by atoms with van der Waals surface area (Å²) in [5.41, 5.74) is 6.74. The normalized spacial score (nSPS) is 11.0. The van der Waals surface area contributed by atoms with E-state index in [0.717, 1.165) is 38.9 Å². The highest BCUT2D eigenvalue weighted by atomic mass is 16.1. The average molecular weight is 387 g/mol. The molecule has 4 aromatic carbocycles. The Morgan fingerprint density at radius 2 is 1.20 bits per heavy atom. The third-order valence-corrected chi connectivity index (χ3v) is 5.62. The third-order valence-electron chi connectivity index (χ3n) is 5.62. The molecule has 0 saturated heterocycles. The van der Waals surface area contributed by atoms with Crippen LogP contribution in [0, 0.1) is 0 Å². The monoisotopic (exact) mass is 387 g/mol. The fourth-order valence-corrected chi connectivity index (χ4v) is 4.15. The van der Waals surface area contributed by atoms with Crippen LogP contribution in [0.1, 0.15) is 15.9 Å². The molecule has 0 amide bonds. The van der Waals surface area contributed by atoms with Crippen molar-refractivity contribution in [2.75, 3.05) is 0 Å². The van der Waals surface area contributed by atoms with Crippen LogP contribution >= 0.6 is 0 Å². The first-order valence-corrected chi connectivity index (χ1v) is 10.1. The molecule has 1 aromatic heterocycles. The molecule has 30 heavy (non-hydrogen) atoms. The summed E-state index contributed by atoms with van der Waals surface area (Å²) in [5, 5.41) is 0.978. The number of aromatic nitrogens is 1. The van der Waals surface area contributed by atoms with Crippen molar-refractivity contribution in [2.24, 2.45) is 7.05 Å². The zero-order chi connectivity index (χ0) is 20.5. The molecule has 5 rings (SSSR count). The first kappa shape index (κ1) is 18.1. The lowest BCUT2D eigenvalue weighted by Crippen LogP contribution is -2.03. The summed E-state index contributed by atoms with van der Waals surface area (Å²) in [6.07, 6.45) is 0. The second kappa shape index (κ2) is 7.49. The summed E-state index contributed by atoms with van der Waals surface area (Å²) < 4.78 is 2.13. The third kappa shape index (κ3) is 3.03. The lowest BCUT2D eigenvalue weighted by atomic mass is 9.95. The van der Waals surface area contributed by atoms with E-state index < -0.39 is 0 Å². The lowest BCUT2D eigenvalue weighted by molar-refractivity contribution is 0.104. The van der Waals surface area contributed by atoms with Gasteiger partial charge in [-0.2, -0.15) is 0 Å². The Balaban J connectivity index is 1.82. The molecule has 0 aliphatic rings. The number of nitrogens with zero attached hydrogens (tertiary/aromatic N) is 1. The zero-order valence-electron chi connectivity index (χ0n) is 16.7. The molecule has 5 aromatic rings. The van der Waals surface area contributed by atoms with Gasteiger partial charge in [0.25, 0.3) is 0 Å². The zero-order valence-corrected chi connectivity index (χ0v) is 16.7. The van der Waals surface area contributed by atoms with E-state index in [0.29, 0.717) is 5.56 Å². The van der Waals surface area contributed by atoms with Crippen molar-refractivity contribution in [1.29, 1.82) is 0 Å². The summed E-state index contributed by atoms with van der Waals surface area (Å²) in [6.45, 7) is 0. The van der Waals surface area contributed by atoms with E-state index in [9.17, 15) is 4.79 Å². The predicted octanol–water partition coefficient (Wildman–Crippen LogP) is 6.74. The van der Waals surface area contributed by atoms with Gasteiger partial charge in [-0.1, -0.05) is 97.1 Å². The summed E-state index contributed by atoms with van der Waals surface area (Å²) in [5.74, 6) is 0.0465. The molecule has 0 saturated carbocycles. The minimum absolute atomic E-state index is 0.0465. The quantitative estimate of drug-likeness (QED) is 0.313. The Labute approximate surface area is 176 Å². The number of fused-ring (bicyclic) bond motifs is 1. The van der Waals surface area contributed by atoms with Crippen molar-refractivity contribution in [1.82, 2.24) is 4.57 Å². The molecule has 1 heterocycles. The molecule has 0 radical (unpaired) electrons. The van der Waals surface area contributed by atoms with Gasteiger partial charge in [0.2, 0.25) is 0 Å². The Morgan fingerprint density at radius 1 is 0.633 bits per heavy atom. The van der Waals surface area contributed by atoms with Crippen LogP contribution in [0.2, 0.25) is 0 Å². The topological polar surface area (TPSA) is 22.0 Å². The number of ketones is 1. The fourth-order valence-electron chi connectivity index (χ4n) is 4.15. The number of rotatable bonds is 4. The minimum Gasteiger partial charge on any atom is -0.343 e. The van der Waals surface area contributed by atoms with Crippen LogP contribution in [0.25, 0.3) is 33.3 Å². The molecule has 0 atom stereocenters. The van der Waals surface area contributed by atoms with Crippen LogP contribution < -0.4 is 0 Å². The Hall–Kier alpha value is -3.91. The first-order valence-electron chi connectivity index (χ1n) is 10.1. The van der Waals surface area contributed by atoms with Crippen molar-refractivity contribution < 1.29 is 4.79 Å². The molecule has 144 valence electrons. The number of carbonyl (C=O) groups is 1. The van der Waals surface area contributed by atoms with E-state index in [1.54, 1.807) is 0 Å². The lowest BCUT2D eigenvalue weighted by Gasteiger charge is -2.08. The van der Waals surface area contributed by atoms with Crippen LogP contribution in [-0.2, 0) is 7.05 Å². The summed E-state index contributed by atoms with van der Waals surface area (Å²) in [7, 11) is 2.04. The molecule has 0 bridgehead atoms. The predicted molar refractivity (Wildman–Crippen MR) is 124 cm³/mol. The molecular formula is C28H21NO. The Bertz CT molecular complexity index is 1330. The summed E-state index contributed by atoms with van der Waals surface area (Å²) in [4.78, 5) is 13.7. The largest absolute Gasteiger partial charge is 0.343 e. The van der Waals surface area contributed by atoms with Gasteiger partial charge in [0.15, 0.2) is 5.78 Å². The maximum absolute atomic E-state index is 13.7. The first-order chi connectivity index (χ1) is 14.7. The van der Waals surface area contributed by atoms with Gasteiger partial charge in [-0.15, -0.1) is 0 Å². The number of hydrogen-bond acceptors (Lipinski definition) is 1. The molecule has 0 spiro atoms. The molecule has 0 aliphatic carbocycles. The van der Waals surface area contributed by atoms with Crippen LogP contribution in [-0.4, -0.2) is 10.4 Å². The van der Waals surface area contributed by atoms with Crippen LogP contribution in [0.4, 0.5) is 0 Å². The van der Waals surface area contributed by atoms with Gasteiger partial charge in [0.05, 0.1) is 11.3 Å². The van der Waals surface area contributed by atoms with E-state index in [1.165, 1.54) is 0 Å². The Kier molecular flexibility index (Phi) is 4.53. The highest BCUT2D eigenvalue weighted by molar-refractivity contribution is 6.21. The highest BCUT2D eigenvalue weighted by Crippen LogP contribution is 2.36. The van der Waals surface area contributed by atoms with Crippen molar-refractivity contribution in [3.63, 3.8) is 0 Å². The number of hydrogen-bond donors (Lipinski definition) is 0. The van der Waals surface area contributed by atoms with E-state index in [4.69, 9.17) is 0 Å². The second-order valence-electron chi connectivity index (χ2n) is 7.44. The van der Waals surface area contributed by atoms with Crippen molar-refractivity contribution in [3.8, 4) is 22.4 Å². The molecule has 0 unspecified atom stereocenters. The van der Waals surface area contributed by atoms with Gasteiger partial charge < -0.3 is 4.57 Å². The second-order valence-corrected chi connectivity index (χ2v) is 7.44. The van der Waals surface area contributed by atoms with Gasteiger partial charge in [-0.25, -0.2) is 0 Å². The van der Waals surface area contributed by atoms with Crippen molar-refractivity contribution >= 4 is 16.7 Å².